The number of amides is 2. The molecule has 0 aliphatic heterocycles. The molecule has 1 aliphatic carbocycles. The first-order valence-corrected chi connectivity index (χ1v) is 8.32. The van der Waals surface area contributed by atoms with Crippen molar-refractivity contribution in [3.05, 3.63) is 59.8 Å². The second kappa shape index (κ2) is 7.34. The molecule has 0 spiro atoms. The number of hydrogen-bond acceptors (Lipinski definition) is 3. The van der Waals surface area contributed by atoms with Crippen molar-refractivity contribution >= 4 is 6.03 Å². The molecule has 2 amide bonds. The van der Waals surface area contributed by atoms with E-state index in [1.165, 1.54) is 5.56 Å². The molecule has 3 rings (SSSR count). The zero-order valence-corrected chi connectivity index (χ0v) is 14.0. The molecule has 1 saturated carbocycles. The van der Waals surface area contributed by atoms with Crippen molar-refractivity contribution < 1.29 is 9.53 Å². The summed E-state index contributed by atoms with van der Waals surface area (Å²) < 4.78 is 5.56. The SMILES string of the molecule is CC(C)Oc1cc(CNC(=O)N[C@@H]2C[C@H]2c2ccccc2)ccn1. The van der Waals surface area contributed by atoms with Crippen LogP contribution in [0, 0.1) is 0 Å². The summed E-state index contributed by atoms with van der Waals surface area (Å²) in [5.74, 6) is 1.01. The summed E-state index contributed by atoms with van der Waals surface area (Å²) in [7, 11) is 0. The number of carbonyl (C=O) groups excluding carboxylic acids is 1. The van der Waals surface area contributed by atoms with Crippen LogP contribution in [0.15, 0.2) is 48.7 Å². The van der Waals surface area contributed by atoms with Crippen molar-refractivity contribution in [3.63, 3.8) is 0 Å². The normalized spacial score (nSPS) is 19.0. The van der Waals surface area contributed by atoms with E-state index in [4.69, 9.17) is 4.74 Å². The number of benzene rings is 1. The predicted octanol–water partition coefficient (Wildman–Crippen LogP) is 3.22. The van der Waals surface area contributed by atoms with Gasteiger partial charge in [0.05, 0.1) is 6.10 Å². The highest BCUT2D eigenvalue weighted by Gasteiger charge is 2.39. The van der Waals surface area contributed by atoms with Crippen LogP contribution in [0.3, 0.4) is 0 Å². The molecule has 126 valence electrons. The zero-order chi connectivity index (χ0) is 16.9. The summed E-state index contributed by atoms with van der Waals surface area (Å²) in [5, 5.41) is 5.91. The van der Waals surface area contributed by atoms with E-state index < -0.39 is 0 Å². The van der Waals surface area contributed by atoms with Gasteiger partial charge in [0.25, 0.3) is 0 Å². The first-order valence-electron chi connectivity index (χ1n) is 8.32. The van der Waals surface area contributed by atoms with Crippen LogP contribution in [0.5, 0.6) is 5.88 Å². The summed E-state index contributed by atoms with van der Waals surface area (Å²) in [6.07, 6.45) is 2.77. The number of nitrogens with one attached hydrogen (secondary N) is 2. The maximum Gasteiger partial charge on any atom is 0.315 e. The fourth-order valence-corrected chi connectivity index (χ4v) is 2.69. The van der Waals surface area contributed by atoms with Crippen molar-refractivity contribution in [1.82, 2.24) is 15.6 Å². The molecule has 2 aromatic rings. The monoisotopic (exact) mass is 325 g/mol. The average Bonchev–Trinajstić information content (AvgIpc) is 3.33. The van der Waals surface area contributed by atoms with E-state index in [1.54, 1.807) is 6.20 Å². The number of nitrogens with zero attached hydrogens (tertiary/aromatic N) is 1. The van der Waals surface area contributed by atoms with Crippen LogP contribution in [0.4, 0.5) is 4.79 Å². The van der Waals surface area contributed by atoms with Gasteiger partial charge in [-0.1, -0.05) is 30.3 Å². The van der Waals surface area contributed by atoms with Crippen molar-refractivity contribution in [2.75, 3.05) is 0 Å². The van der Waals surface area contributed by atoms with Gasteiger partial charge in [0.15, 0.2) is 0 Å². The average molecular weight is 325 g/mol. The Labute approximate surface area is 142 Å². The number of ether oxygens (including phenoxy) is 1. The zero-order valence-electron chi connectivity index (χ0n) is 14.0. The molecule has 0 radical (unpaired) electrons. The molecule has 2 N–H and O–H groups in total. The third-order valence-electron chi connectivity index (χ3n) is 3.94. The number of aromatic nitrogens is 1. The highest BCUT2D eigenvalue weighted by atomic mass is 16.5. The summed E-state index contributed by atoms with van der Waals surface area (Å²) in [6, 6.07) is 14.1. The van der Waals surface area contributed by atoms with E-state index in [2.05, 4.69) is 27.8 Å². The standard InChI is InChI=1S/C19H23N3O2/c1-13(2)24-18-10-14(8-9-20-18)12-21-19(23)22-17-11-16(17)15-6-4-3-5-7-15/h3-10,13,16-17H,11-12H2,1-2H3,(H2,21,22,23)/t16-,17+/m0/s1. The topological polar surface area (TPSA) is 63.2 Å². The number of pyridine rings is 1. The molecular weight excluding hydrogens is 302 g/mol. The van der Waals surface area contributed by atoms with Gasteiger partial charge < -0.3 is 15.4 Å². The van der Waals surface area contributed by atoms with Gasteiger partial charge in [-0.3, -0.25) is 0 Å². The van der Waals surface area contributed by atoms with Crippen molar-refractivity contribution in [3.8, 4) is 5.88 Å². The maximum atomic E-state index is 12.0. The molecule has 0 unspecified atom stereocenters. The van der Waals surface area contributed by atoms with E-state index in [1.807, 2.05) is 44.2 Å². The Kier molecular flexibility index (Phi) is 4.99. The van der Waals surface area contributed by atoms with Crippen LogP contribution in [0.1, 0.15) is 37.3 Å². The van der Waals surface area contributed by atoms with E-state index in [0.29, 0.717) is 18.3 Å². The van der Waals surface area contributed by atoms with Gasteiger partial charge in [0, 0.05) is 30.8 Å². The summed E-state index contributed by atoms with van der Waals surface area (Å²) in [6.45, 7) is 4.36. The lowest BCUT2D eigenvalue weighted by molar-refractivity contribution is 0.232. The first-order chi connectivity index (χ1) is 11.6. The van der Waals surface area contributed by atoms with Gasteiger partial charge in [-0.05, 0) is 37.5 Å². The molecule has 1 aromatic carbocycles. The second-order valence-electron chi connectivity index (χ2n) is 6.36. The van der Waals surface area contributed by atoms with E-state index in [9.17, 15) is 4.79 Å². The lowest BCUT2D eigenvalue weighted by Crippen LogP contribution is -2.36. The van der Waals surface area contributed by atoms with Crippen LogP contribution in [0.2, 0.25) is 0 Å². The number of carbonyl (C=O) groups is 1. The van der Waals surface area contributed by atoms with Crippen molar-refractivity contribution in [1.29, 1.82) is 0 Å². The highest BCUT2D eigenvalue weighted by Crippen LogP contribution is 2.40. The third kappa shape index (κ3) is 4.47. The molecular formula is C19H23N3O2. The minimum atomic E-state index is -0.137. The Morgan fingerprint density at radius 2 is 2.08 bits per heavy atom. The van der Waals surface area contributed by atoms with Crippen molar-refractivity contribution in [2.24, 2.45) is 0 Å². The molecule has 1 fully saturated rings. The third-order valence-corrected chi connectivity index (χ3v) is 3.94. The molecule has 2 atom stereocenters. The molecule has 24 heavy (non-hydrogen) atoms. The Morgan fingerprint density at radius 1 is 1.29 bits per heavy atom. The van der Waals surface area contributed by atoms with Crippen LogP contribution < -0.4 is 15.4 Å². The van der Waals surface area contributed by atoms with Gasteiger partial charge in [-0.25, -0.2) is 9.78 Å². The molecule has 1 aromatic heterocycles. The first kappa shape index (κ1) is 16.3. The molecule has 5 nitrogen and oxygen atoms in total. The minimum Gasteiger partial charge on any atom is -0.475 e. The van der Waals surface area contributed by atoms with Crippen LogP contribution in [0.25, 0.3) is 0 Å². The van der Waals surface area contributed by atoms with E-state index in [-0.39, 0.29) is 18.2 Å². The van der Waals surface area contributed by atoms with Crippen LogP contribution >= 0.6 is 0 Å². The van der Waals surface area contributed by atoms with Gasteiger partial charge in [-0.2, -0.15) is 0 Å². The summed E-state index contributed by atoms with van der Waals surface area (Å²) >= 11 is 0. The minimum absolute atomic E-state index is 0.0776. The van der Waals surface area contributed by atoms with Gasteiger partial charge in [0.1, 0.15) is 0 Å². The summed E-state index contributed by atoms with van der Waals surface area (Å²) in [4.78, 5) is 16.2. The number of urea groups is 1. The number of rotatable bonds is 6. The molecule has 5 heteroatoms. The Morgan fingerprint density at radius 3 is 2.83 bits per heavy atom. The van der Waals surface area contributed by atoms with Crippen LogP contribution in [-0.4, -0.2) is 23.2 Å². The fraction of sp³-hybridized carbons (Fsp3) is 0.368. The second-order valence-corrected chi connectivity index (χ2v) is 6.36. The van der Waals surface area contributed by atoms with E-state index >= 15 is 0 Å². The molecule has 0 saturated heterocycles. The molecule has 1 heterocycles. The van der Waals surface area contributed by atoms with Gasteiger partial charge in [-0.15, -0.1) is 0 Å². The number of hydrogen-bond donors (Lipinski definition) is 2. The quantitative estimate of drug-likeness (QED) is 0.857. The Hall–Kier alpha value is -2.56. The Bertz CT molecular complexity index is 688. The lowest BCUT2D eigenvalue weighted by atomic mass is 10.1. The van der Waals surface area contributed by atoms with Crippen molar-refractivity contribution in [2.45, 2.75) is 44.9 Å². The highest BCUT2D eigenvalue weighted by molar-refractivity contribution is 5.74. The molecule has 1 aliphatic rings. The maximum absolute atomic E-state index is 12.0. The van der Waals surface area contributed by atoms with Gasteiger partial charge >= 0.3 is 6.03 Å². The molecule has 0 bridgehead atoms. The Balaban J connectivity index is 1.45. The largest absolute Gasteiger partial charge is 0.475 e. The van der Waals surface area contributed by atoms with Crippen LogP contribution in [-0.2, 0) is 6.54 Å². The fourth-order valence-electron chi connectivity index (χ4n) is 2.69. The smallest absolute Gasteiger partial charge is 0.315 e. The summed E-state index contributed by atoms with van der Waals surface area (Å²) in [5.41, 5.74) is 2.25. The van der Waals surface area contributed by atoms with Gasteiger partial charge in [0.2, 0.25) is 5.88 Å². The van der Waals surface area contributed by atoms with E-state index in [0.717, 1.165) is 12.0 Å². The lowest BCUT2D eigenvalue weighted by Gasteiger charge is -2.11. The predicted molar refractivity (Wildman–Crippen MR) is 93.0 cm³/mol.